The molecule has 1 aliphatic rings. The van der Waals surface area contributed by atoms with Crippen molar-refractivity contribution in [1.29, 1.82) is 0 Å². The normalized spacial score (nSPS) is 12.9. The fraction of sp³-hybridized carbons (Fsp3) is 0.381. The van der Waals surface area contributed by atoms with Crippen LogP contribution in [0.3, 0.4) is 0 Å². The number of aromatic nitrogens is 1. The van der Waals surface area contributed by atoms with Gasteiger partial charge in [-0.3, -0.25) is 4.79 Å². The summed E-state index contributed by atoms with van der Waals surface area (Å²) in [7, 11) is 0. The molecule has 7 nitrogen and oxygen atoms in total. The van der Waals surface area contributed by atoms with Crippen molar-refractivity contribution in [3.05, 3.63) is 47.7 Å². The summed E-state index contributed by atoms with van der Waals surface area (Å²) in [6.07, 6.45) is 2.74. The van der Waals surface area contributed by atoms with Crippen molar-refractivity contribution in [1.82, 2.24) is 4.98 Å². The zero-order valence-electron chi connectivity index (χ0n) is 16.1. The van der Waals surface area contributed by atoms with Crippen LogP contribution in [0.5, 0.6) is 11.6 Å². The second kappa shape index (κ2) is 9.21. The number of nitrogens with zero attached hydrogens (tertiary/aromatic N) is 1. The average molecular weight is 384 g/mol. The topological polar surface area (TPSA) is 86.8 Å². The molecular formula is C21H24N2O5. The molecule has 28 heavy (non-hydrogen) atoms. The van der Waals surface area contributed by atoms with Crippen LogP contribution in [0.1, 0.15) is 36.2 Å². The lowest BCUT2D eigenvalue weighted by Gasteiger charge is -2.17. The number of hydrogen-bond acceptors (Lipinski definition) is 6. The Morgan fingerprint density at radius 2 is 2.04 bits per heavy atom. The van der Waals surface area contributed by atoms with Gasteiger partial charge in [0.25, 0.3) is 0 Å². The van der Waals surface area contributed by atoms with Gasteiger partial charge >= 0.3 is 5.97 Å². The molecule has 2 heterocycles. The molecule has 0 saturated heterocycles. The summed E-state index contributed by atoms with van der Waals surface area (Å²) in [5.74, 6) is 0.806. The Bertz CT molecular complexity index is 850. The van der Waals surface area contributed by atoms with E-state index in [1.165, 1.54) is 0 Å². The first-order chi connectivity index (χ1) is 13.5. The molecular weight excluding hydrogens is 360 g/mol. The lowest BCUT2D eigenvalue weighted by molar-refractivity contribution is -0.116. The highest BCUT2D eigenvalue weighted by Crippen LogP contribution is 2.26. The predicted octanol–water partition coefficient (Wildman–Crippen LogP) is 3.24. The minimum atomic E-state index is -0.497. The molecule has 7 heteroatoms. The maximum absolute atomic E-state index is 12.3. The molecule has 0 aliphatic carbocycles. The van der Waals surface area contributed by atoms with E-state index in [9.17, 15) is 9.59 Å². The Morgan fingerprint density at radius 1 is 1.18 bits per heavy atom. The molecule has 0 fully saturated rings. The molecule has 0 saturated carbocycles. The minimum Gasteiger partial charge on any atom is -0.490 e. The van der Waals surface area contributed by atoms with E-state index in [2.05, 4.69) is 10.3 Å². The molecule has 0 atom stereocenters. The van der Waals surface area contributed by atoms with Gasteiger partial charge < -0.3 is 19.5 Å². The van der Waals surface area contributed by atoms with Crippen molar-refractivity contribution in [3.8, 4) is 11.6 Å². The Kier molecular flexibility index (Phi) is 6.47. The number of rotatable bonds is 8. The van der Waals surface area contributed by atoms with Crippen molar-refractivity contribution < 1.29 is 23.8 Å². The van der Waals surface area contributed by atoms with E-state index in [-0.39, 0.29) is 25.0 Å². The number of amides is 1. The van der Waals surface area contributed by atoms with Crippen LogP contribution in [0.2, 0.25) is 0 Å². The second-order valence-electron chi connectivity index (χ2n) is 6.91. The molecule has 0 spiro atoms. The zero-order valence-corrected chi connectivity index (χ0v) is 16.1. The van der Waals surface area contributed by atoms with Gasteiger partial charge in [-0.1, -0.05) is 13.8 Å². The first kappa shape index (κ1) is 19.7. The van der Waals surface area contributed by atoms with Crippen LogP contribution in [-0.2, 0) is 16.0 Å². The number of nitrogens with one attached hydrogen (secondary N) is 1. The third kappa shape index (κ3) is 5.22. The van der Waals surface area contributed by atoms with Crippen molar-refractivity contribution in [2.24, 2.45) is 5.92 Å². The molecule has 3 rings (SSSR count). The summed E-state index contributed by atoms with van der Waals surface area (Å²) < 4.78 is 16.5. The van der Waals surface area contributed by atoms with Gasteiger partial charge in [0.05, 0.1) is 6.61 Å². The van der Waals surface area contributed by atoms with Crippen molar-refractivity contribution in [2.45, 2.75) is 26.7 Å². The van der Waals surface area contributed by atoms with Crippen LogP contribution in [0, 0.1) is 5.92 Å². The molecule has 1 amide bonds. The number of ether oxygens (including phenoxy) is 3. The number of anilines is 1. The highest BCUT2D eigenvalue weighted by atomic mass is 16.6. The number of aryl methyl sites for hydroxylation is 1. The summed E-state index contributed by atoms with van der Waals surface area (Å²) in [5, 5.41) is 2.83. The number of benzene rings is 1. The minimum absolute atomic E-state index is 0.0280. The SMILES string of the molecule is CC(C)COc1ncccc1C(=O)OCCOc1ccc2c(c1)CCC(=O)N2. The fourth-order valence-corrected chi connectivity index (χ4v) is 2.73. The van der Waals surface area contributed by atoms with Crippen LogP contribution in [0.4, 0.5) is 5.69 Å². The third-order valence-corrected chi connectivity index (χ3v) is 4.10. The summed E-state index contributed by atoms with van der Waals surface area (Å²) >= 11 is 0. The molecule has 1 aromatic carbocycles. The van der Waals surface area contributed by atoms with E-state index in [1.54, 1.807) is 24.4 Å². The van der Waals surface area contributed by atoms with Gasteiger partial charge in [0.15, 0.2) is 0 Å². The van der Waals surface area contributed by atoms with Crippen LogP contribution < -0.4 is 14.8 Å². The number of carbonyl (C=O) groups excluding carboxylic acids is 2. The summed E-state index contributed by atoms with van der Waals surface area (Å²) in [4.78, 5) is 27.8. The second-order valence-corrected chi connectivity index (χ2v) is 6.91. The summed E-state index contributed by atoms with van der Waals surface area (Å²) in [6.45, 7) is 4.84. The number of esters is 1. The van der Waals surface area contributed by atoms with Crippen LogP contribution >= 0.6 is 0 Å². The van der Waals surface area contributed by atoms with Crippen LogP contribution in [0.15, 0.2) is 36.5 Å². The van der Waals surface area contributed by atoms with E-state index in [0.29, 0.717) is 36.7 Å². The van der Waals surface area contributed by atoms with Gasteiger partial charge in [-0.2, -0.15) is 0 Å². The number of pyridine rings is 1. The molecule has 2 aromatic rings. The zero-order chi connectivity index (χ0) is 19.9. The third-order valence-electron chi connectivity index (χ3n) is 4.10. The summed E-state index contributed by atoms with van der Waals surface area (Å²) in [6, 6.07) is 8.80. The molecule has 1 aromatic heterocycles. The Morgan fingerprint density at radius 3 is 2.86 bits per heavy atom. The van der Waals surface area contributed by atoms with E-state index in [1.807, 2.05) is 26.0 Å². The highest BCUT2D eigenvalue weighted by molar-refractivity contribution is 5.94. The van der Waals surface area contributed by atoms with Crippen molar-refractivity contribution in [3.63, 3.8) is 0 Å². The van der Waals surface area contributed by atoms with Gasteiger partial charge in [-0.25, -0.2) is 9.78 Å². The largest absolute Gasteiger partial charge is 0.490 e. The molecule has 0 radical (unpaired) electrons. The monoisotopic (exact) mass is 384 g/mol. The van der Waals surface area contributed by atoms with Crippen LogP contribution in [-0.4, -0.2) is 36.7 Å². The van der Waals surface area contributed by atoms with Crippen LogP contribution in [0.25, 0.3) is 0 Å². The van der Waals surface area contributed by atoms with Gasteiger partial charge in [0.2, 0.25) is 11.8 Å². The van der Waals surface area contributed by atoms with E-state index in [4.69, 9.17) is 14.2 Å². The molecule has 1 aliphatic heterocycles. The fourth-order valence-electron chi connectivity index (χ4n) is 2.73. The maximum atomic E-state index is 12.3. The first-order valence-corrected chi connectivity index (χ1v) is 9.33. The van der Waals surface area contributed by atoms with E-state index >= 15 is 0 Å². The Hall–Kier alpha value is -3.09. The lowest BCUT2D eigenvalue weighted by atomic mass is 10.0. The first-order valence-electron chi connectivity index (χ1n) is 9.33. The van der Waals surface area contributed by atoms with Crippen molar-refractivity contribution in [2.75, 3.05) is 25.1 Å². The van der Waals surface area contributed by atoms with Gasteiger partial charge in [0.1, 0.15) is 24.5 Å². The number of fused-ring (bicyclic) bond motifs is 1. The molecule has 0 unspecified atom stereocenters. The standard InChI is InChI=1S/C21H24N2O5/c1-14(2)13-28-20-17(4-3-9-22-20)21(25)27-11-10-26-16-6-7-18-15(12-16)5-8-19(24)23-18/h3-4,6-7,9,12,14H,5,8,10-11,13H2,1-2H3,(H,23,24). The van der Waals surface area contributed by atoms with Gasteiger partial charge in [0, 0.05) is 18.3 Å². The van der Waals surface area contributed by atoms with Gasteiger partial charge in [-0.05, 0) is 48.2 Å². The van der Waals surface area contributed by atoms with Crippen molar-refractivity contribution >= 4 is 17.6 Å². The Balaban J connectivity index is 1.49. The molecule has 0 bridgehead atoms. The smallest absolute Gasteiger partial charge is 0.343 e. The number of carbonyl (C=O) groups is 2. The lowest BCUT2D eigenvalue weighted by Crippen LogP contribution is -2.19. The van der Waals surface area contributed by atoms with Gasteiger partial charge in [-0.15, -0.1) is 0 Å². The average Bonchev–Trinajstić information content (AvgIpc) is 2.69. The Labute approximate surface area is 164 Å². The molecule has 148 valence electrons. The van der Waals surface area contributed by atoms with E-state index < -0.39 is 5.97 Å². The maximum Gasteiger partial charge on any atom is 0.343 e. The number of hydrogen-bond donors (Lipinski definition) is 1. The predicted molar refractivity (Wildman–Crippen MR) is 104 cm³/mol. The summed E-state index contributed by atoms with van der Waals surface area (Å²) in [5.41, 5.74) is 2.16. The van der Waals surface area contributed by atoms with E-state index in [0.717, 1.165) is 11.3 Å². The highest BCUT2D eigenvalue weighted by Gasteiger charge is 2.17. The quantitative estimate of drug-likeness (QED) is 0.555. The molecule has 1 N–H and O–H groups in total.